The molecule has 1 aromatic rings. The van der Waals surface area contributed by atoms with Gasteiger partial charge in [0.1, 0.15) is 18.0 Å². The van der Waals surface area contributed by atoms with Gasteiger partial charge in [-0.05, 0) is 53.6 Å². The molecule has 0 bridgehead atoms. The molecule has 0 heterocycles. The van der Waals surface area contributed by atoms with Crippen molar-refractivity contribution >= 4 is 34.4 Å². The molecule has 2 amide bonds. The molecule has 2 aliphatic carbocycles. The molecular weight excluding hydrogens is 539 g/mol. The first-order valence-corrected chi connectivity index (χ1v) is 12.5. The van der Waals surface area contributed by atoms with Gasteiger partial charge in [0.25, 0.3) is 0 Å². The molecule has 1 fully saturated rings. The highest BCUT2D eigenvalue weighted by molar-refractivity contribution is 14.1. The summed E-state index contributed by atoms with van der Waals surface area (Å²) in [6.07, 6.45) is 3.73. The summed E-state index contributed by atoms with van der Waals surface area (Å²) in [5, 5.41) is 23.1. The molecule has 182 valence electrons. The first kappa shape index (κ1) is 25.9. The Morgan fingerprint density at radius 1 is 1.24 bits per heavy atom. The van der Waals surface area contributed by atoms with E-state index < -0.39 is 18.2 Å². The summed E-state index contributed by atoms with van der Waals surface area (Å²) < 4.78 is 12.3. The standard InChI is InChI=1S/C24H33IN2O6/c1-32-13-11-27(24(31)16-6-2-3-7-16)19-14-17(23(30)26-10-12-28)15-21(22(19)29)33-20-9-5-4-8-18(20)25/h4-5,8-9,15-16,19,21-22,28-29H,2-3,6-7,10-14H2,1H3,(H,26,30). The van der Waals surface area contributed by atoms with Gasteiger partial charge in [0.05, 0.1) is 22.8 Å². The zero-order chi connectivity index (χ0) is 23.8. The second kappa shape index (κ2) is 12.7. The van der Waals surface area contributed by atoms with Crippen molar-refractivity contribution in [3.05, 3.63) is 39.5 Å². The molecular formula is C24H33IN2O6. The van der Waals surface area contributed by atoms with Gasteiger partial charge >= 0.3 is 0 Å². The maximum atomic E-state index is 13.4. The van der Waals surface area contributed by atoms with E-state index in [0.29, 0.717) is 24.5 Å². The van der Waals surface area contributed by atoms with E-state index in [1.165, 1.54) is 0 Å². The Morgan fingerprint density at radius 2 is 1.97 bits per heavy atom. The number of amides is 2. The third-order valence-corrected chi connectivity index (χ3v) is 7.13. The van der Waals surface area contributed by atoms with Crippen LogP contribution in [0, 0.1) is 9.49 Å². The Labute approximate surface area is 208 Å². The lowest BCUT2D eigenvalue weighted by Crippen LogP contribution is -2.56. The summed E-state index contributed by atoms with van der Waals surface area (Å²) in [7, 11) is 1.58. The highest BCUT2D eigenvalue weighted by atomic mass is 127. The zero-order valence-corrected chi connectivity index (χ0v) is 21.1. The second-order valence-corrected chi connectivity index (χ2v) is 9.61. The zero-order valence-electron chi connectivity index (χ0n) is 18.9. The molecule has 3 N–H and O–H groups in total. The van der Waals surface area contributed by atoms with Crippen LogP contribution in [0.4, 0.5) is 0 Å². The molecule has 3 atom stereocenters. The van der Waals surface area contributed by atoms with E-state index in [1.54, 1.807) is 18.1 Å². The number of aliphatic hydroxyl groups excluding tert-OH is 2. The number of ether oxygens (including phenoxy) is 2. The van der Waals surface area contributed by atoms with Gasteiger partial charge in [0.2, 0.25) is 11.8 Å². The molecule has 0 aromatic heterocycles. The fourth-order valence-electron chi connectivity index (χ4n) is 4.50. The van der Waals surface area contributed by atoms with Gasteiger partial charge in [-0.15, -0.1) is 0 Å². The number of hydrogen-bond donors (Lipinski definition) is 3. The highest BCUT2D eigenvalue weighted by Crippen LogP contribution is 2.32. The predicted molar refractivity (Wildman–Crippen MR) is 132 cm³/mol. The summed E-state index contributed by atoms with van der Waals surface area (Å²) >= 11 is 2.16. The first-order valence-electron chi connectivity index (χ1n) is 11.4. The van der Waals surface area contributed by atoms with Gasteiger partial charge in [0.15, 0.2) is 0 Å². The molecule has 1 aromatic carbocycles. The van der Waals surface area contributed by atoms with Gasteiger partial charge < -0.3 is 29.9 Å². The lowest BCUT2D eigenvalue weighted by atomic mass is 9.87. The fraction of sp³-hybridized carbons (Fsp3) is 0.583. The van der Waals surface area contributed by atoms with E-state index in [0.717, 1.165) is 29.3 Å². The fourth-order valence-corrected chi connectivity index (χ4v) is 5.02. The van der Waals surface area contributed by atoms with E-state index >= 15 is 0 Å². The SMILES string of the molecule is COCCN(C(=O)C1CCCC1)C1CC(C(=O)NCCO)=CC(Oc2ccccc2I)C1O. The Hall–Kier alpha value is -1.69. The molecule has 1 saturated carbocycles. The van der Waals surface area contributed by atoms with Crippen molar-refractivity contribution in [3.63, 3.8) is 0 Å². The van der Waals surface area contributed by atoms with Crippen LogP contribution in [0.3, 0.4) is 0 Å². The normalized spacial score (nSPS) is 23.2. The Morgan fingerprint density at radius 3 is 2.64 bits per heavy atom. The number of halogens is 1. The monoisotopic (exact) mass is 572 g/mol. The van der Waals surface area contributed by atoms with E-state index in [1.807, 2.05) is 24.3 Å². The molecule has 8 nitrogen and oxygen atoms in total. The van der Waals surface area contributed by atoms with Crippen molar-refractivity contribution in [2.45, 2.75) is 50.4 Å². The third kappa shape index (κ3) is 6.68. The van der Waals surface area contributed by atoms with Crippen LogP contribution in [0.25, 0.3) is 0 Å². The van der Waals surface area contributed by atoms with Crippen LogP contribution in [0.1, 0.15) is 32.1 Å². The van der Waals surface area contributed by atoms with Crippen LogP contribution in [-0.2, 0) is 14.3 Å². The average molecular weight is 572 g/mol. The summed E-state index contributed by atoms with van der Waals surface area (Å²) in [5.74, 6) is 0.191. The first-order chi connectivity index (χ1) is 16.0. The molecule has 9 heteroatoms. The van der Waals surface area contributed by atoms with Gasteiger partial charge in [-0.2, -0.15) is 0 Å². The molecule has 3 rings (SSSR count). The summed E-state index contributed by atoms with van der Waals surface area (Å²) in [5.41, 5.74) is 0.427. The number of nitrogens with one attached hydrogen (secondary N) is 1. The Bertz CT molecular complexity index is 842. The number of carbonyl (C=O) groups is 2. The van der Waals surface area contributed by atoms with Crippen LogP contribution >= 0.6 is 22.6 Å². The molecule has 0 aliphatic heterocycles. The quantitative estimate of drug-likeness (QED) is 0.370. The van der Waals surface area contributed by atoms with Crippen molar-refractivity contribution < 1.29 is 29.3 Å². The van der Waals surface area contributed by atoms with E-state index in [9.17, 15) is 14.7 Å². The topological polar surface area (TPSA) is 108 Å². The minimum absolute atomic E-state index is 0.00124. The molecule has 2 aliphatic rings. The largest absolute Gasteiger partial charge is 0.482 e. The number of hydrogen-bond acceptors (Lipinski definition) is 6. The second-order valence-electron chi connectivity index (χ2n) is 8.45. The number of benzene rings is 1. The smallest absolute Gasteiger partial charge is 0.247 e. The van der Waals surface area contributed by atoms with Crippen molar-refractivity contribution in [1.29, 1.82) is 0 Å². The number of para-hydroxylation sites is 1. The minimum atomic E-state index is -1.02. The van der Waals surface area contributed by atoms with Gasteiger partial charge in [0, 0.05) is 38.1 Å². The lowest BCUT2D eigenvalue weighted by molar-refractivity contribution is -0.143. The van der Waals surface area contributed by atoms with E-state index in [4.69, 9.17) is 14.6 Å². The maximum absolute atomic E-state index is 13.4. The predicted octanol–water partition coefficient (Wildman–Crippen LogP) is 1.87. The van der Waals surface area contributed by atoms with Gasteiger partial charge in [-0.3, -0.25) is 9.59 Å². The summed E-state index contributed by atoms with van der Waals surface area (Å²) in [6.45, 7) is 0.613. The summed E-state index contributed by atoms with van der Waals surface area (Å²) in [6, 6.07) is 6.82. The molecule has 0 radical (unpaired) electrons. The molecule has 3 unspecified atom stereocenters. The van der Waals surface area contributed by atoms with Crippen molar-refractivity contribution in [1.82, 2.24) is 10.2 Å². The van der Waals surface area contributed by atoms with Crippen molar-refractivity contribution in [3.8, 4) is 5.75 Å². The summed E-state index contributed by atoms with van der Waals surface area (Å²) in [4.78, 5) is 27.9. The number of nitrogens with zero attached hydrogens (tertiary/aromatic N) is 1. The van der Waals surface area contributed by atoms with Gasteiger partial charge in [-0.1, -0.05) is 25.0 Å². The highest BCUT2D eigenvalue weighted by Gasteiger charge is 2.42. The number of aliphatic hydroxyl groups is 2. The Balaban J connectivity index is 1.91. The molecule has 0 spiro atoms. The van der Waals surface area contributed by atoms with Crippen LogP contribution in [0.15, 0.2) is 35.9 Å². The van der Waals surface area contributed by atoms with Crippen LogP contribution < -0.4 is 10.1 Å². The van der Waals surface area contributed by atoms with Crippen LogP contribution in [-0.4, -0.2) is 78.6 Å². The minimum Gasteiger partial charge on any atom is -0.482 e. The lowest BCUT2D eigenvalue weighted by Gasteiger charge is -2.41. The average Bonchev–Trinajstić information content (AvgIpc) is 3.36. The van der Waals surface area contributed by atoms with E-state index in [2.05, 4.69) is 27.9 Å². The number of rotatable bonds is 10. The van der Waals surface area contributed by atoms with E-state index in [-0.39, 0.29) is 37.3 Å². The van der Waals surface area contributed by atoms with Gasteiger partial charge in [-0.25, -0.2) is 0 Å². The van der Waals surface area contributed by atoms with Crippen molar-refractivity contribution in [2.24, 2.45) is 5.92 Å². The third-order valence-electron chi connectivity index (χ3n) is 6.24. The molecule has 33 heavy (non-hydrogen) atoms. The van der Waals surface area contributed by atoms with Crippen LogP contribution in [0.2, 0.25) is 0 Å². The van der Waals surface area contributed by atoms with Crippen molar-refractivity contribution in [2.75, 3.05) is 33.4 Å². The Kier molecular flexibility index (Phi) is 9.96. The van der Waals surface area contributed by atoms with Crippen LogP contribution in [0.5, 0.6) is 5.75 Å². The maximum Gasteiger partial charge on any atom is 0.247 e. The number of methoxy groups -OCH3 is 1. The molecule has 0 saturated heterocycles. The number of carbonyl (C=O) groups excluding carboxylic acids is 2.